The van der Waals surface area contributed by atoms with E-state index in [1.165, 1.54) is 6.92 Å². The van der Waals surface area contributed by atoms with Gasteiger partial charge in [0.05, 0.1) is 13.2 Å². The molecule has 0 fully saturated rings. The first kappa shape index (κ1) is 14.6. The molecule has 0 aromatic heterocycles. The van der Waals surface area contributed by atoms with Gasteiger partial charge < -0.3 is 14.0 Å². The molecule has 0 aromatic rings. The van der Waals surface area contributed by atoms with E-state index in [1.807, 2.05) is 0 Å². The molecule has 0 radical (unpaired) electrons. The van der Waals surface area contributed by atoms with E-state index < -0.39 is 19.5 Å². The topological polar surface area (TPSA) is 61.8 Å². The number of rotatable bonds is 7. The van der Waals surface area contributed by atoms with Crippen LogP contribution in [0.2, 0.25) is 0 Å². The Kier molecular flexibility index (Phi) is 6.72. The molecule has 0 N–H and O–H groups in total. The van der Waals surface area contributed by atoms with E-state index in [9.17, 15) is 13.6 Å². The maximum Gasteiger partial charge on any atom is 0.406 e. The van der Waals surface area contributed by atoms with Gasteiger partial charge in [0.1, 0.15) is 0 Å². The lowest BCUT2D eigenvalue weighted by atomic mass is 10.7. The van der Waals surface area contributed by atoms with E-state index in [4.69, 9.17) is 4.74 Å². The fourth-order valence-corrected chi connectivity index (χ4v) is 2.04. The van der Waals surface area contributed by atoms with Crippen LogP contribution in [-0.2, 0) is 23.4 Å². The van der Waals surface area contributed by atoms with Gasteiger partial charge in [0.2, 0.25) is 0 Å². The number of ether oxygens (including phenoxy) is 2. The summed E-state index contributed by atoms with van der Waals surface area (Å²) in [7, 11) is -4.60. The maximum absolute atomic E-state index is 13.4. The monoisotopic (exact) mass is 242 g/mol. The largest absolute Gasteiger partial charge is 0.464 e. The summed E-state index contributed by atoms with van der Waals surface area (Å²) in [5.41, 5.74) is 0. The van der Waals surface area contributed by atoms with Crippen molar-refractivity contribution in [2.24, 2.45) is 0 Å². The highest BCUT2D eigenvalue weighted by Crippen LogP contribution is 2.54. The number of halogens is 1. The van der Waals surface area contributed by atoms with Crippen LogP contribution in [-0.4, -0.2) is 31.6 Å². The molecule has 5 nitrogen and oxygen atoms in total. The molecule has 2 unspecified atom stereocenters. The van der Waals surface area contributed by atoms with Gasteiger partial charge in [0.15, 0.2) is 0 Å². The summed E-state index contributed by atoms with van der Waals surface area (Å²) in [5, 5.41) is 0. The molecular weight excluding hydrogens is 226 g/mol. The summed E-state index contributed by atoms with van der Waals surface area (Å²) >= 11 is 0. The Balaban J connectivity index is 4.63. The minimum absolute atomic E-state index is 0.0461. The van der Waals surface area contributed by atoms with Crippen LogP contribution in [0.1, 0.15) is 20.8 Å². The van der Waals surface area contributed by atoms with Crippen molar-refractivity contribution in [3.63, 3.8) is 0 Å². The first-order chi connectivity index (χ1) is 6.99. The third kappa shape index (κ3) is 4.73. The molecule has 0 aliphatic rings. The van der Waals surface area contributed by atoms with Gasteiger partial charge >= 0.3 is 13.6 Å². The van der Waals surface area contributed by atoms with Gasteiger partial charge in [-0.15, -0.1) is 0 Å². The number of hydrogen-bond donors (Lipinski definition) is 0. The lowest BCUT2D eigenvalue weighted by molar-refractivity contribution is -0.151. The molecule has 0 aromatic carbocycles. The molecule has 7 heteroatoms. The van der Waals surface area contributed by atoms with Crippen molar-refractivity contribution in [3.8, 4) is 0 Å². The van der Waals surface area contributed by atoms with Crippen LogP contribution < -0.4 is 0 Å². The van der Waals surface area contributed by atoms with Crippen LogP contribution in [0.3, 0.4) is 0 Å². The van der Waals surface area contributed by atoms with Crippen molar-refractivity contribution in [1.29, 1.82) is 0 Å². The number of carbonyl (C=O) groups is 1. The van der Waals surface area contributed by atoms with E-state index in [2.05, 4.69) is 9.26 Å². The molecule has 15 heavy (non-hydrogen) atoms. The standard InChI is InChI=1S/C8H16FO5P/c1-4-12-7(10)8(13-5-2)15(9,11)14-6-3/h8H,4-6H2,1-3H3. The highest BCUT2D eigenvalue weighted by molar-refractivity contribution is 7.55. The molecule has 0 saturated carbocycles. The van der Waals surface area contributed by atoms with Gasteiger partial charge in [-0.2, -0.15) is 4.20 Å². The van der Waals surface area contributed by atoms with Crippen molar-refractivity contribution in [2.45, 2.75) is 26.6 Å². The molecule has 0 spiro atoms. The van der Waals surface area contributed by atoms with Crippen LogP contribution in [0.25, 0.3) is 0 Å². The average Bonchev–Trinajstić information content (AvgIpc) is 2.14. The minimum atomic E-state index is -4.60. The van der Waals surface area contributed by atoms with Crippen LogP contribution in [0.4, 0.5) is 4.20 Å². The predicted molar refractivity (Wildman–Crippen MR) is 52.4 cm³/mol. The highest BCUT2D eigenvalue weighted by Gasteiger charge is 2.42. The molecule has 0 amide bonds. The fourth-order valence-electron chi connectivity index (χ4n) is 0.898. The molecular formula is C8H16FO5P. The molecule has 0 saturated heterocycles. The Morgan fingerprint density at radius 2 is 1.87 bits per heavy atom. The van der Waals surface area contributed by atoms with E-state index in [0.717, 1.165) is 0 Å². The van der Waals surface area contributed by atoms with Gasteiger partial charge in [0, 0.05) is 6.61 Å². The van der Waals surface area contributed by atoms with Crippen LogP contribution in [0.15, 0.2) is 0 Å². The number of esters is 1. The van der Waals surface area contributed by atoms with Gasteiger partial charge in [0.25, 0.3) is 5.85 Å². The summed E-state index contributed by atoms with van der Waals surface area (Å²) in [6, 6.07) is 0. The second-order valence-electron chi connectivity index (χ2n) is 2.50. The van der Waals surface area contributed by atoms with Gasteiger partial charge in [-0.05, 0) is 20.8 Å². The second kappa shape index (κ2) is 6.93. The number of hydrogen-bond acceptors (Lipinski definition) is 5. The SMILES string of the molecule is CCOC(=O)C(OCC)P(=O)(F)OCC. The first-order valence-corrected chi connectivity index (χ1v) is 6.30. The Morgan fingerprint density at radius 1 is 1.27 bits per heavy atom. The summed E-state index contributed by atoms with van der Waals surface area (Å²) in [6.07, 6.45) is 0. The third-order valence-electron chi connectivity index (χ3n) is 1.40. The normalized spacial score (nSPS) is 16.8. The molecule has 2 atom stereocenters. The van der Waals surface area contributed by atoms with E-state index in [-0.39, 0.29) is 19.8 Å². The van der Waals surface area contributed by atoms with E-state index in [0.29, 0.717) is 0 Å². The second-order valence-corrected chi connectivity index (χ2v) is 4.27. The maximum atomic E-state index is 13.4. The molecule has 0 aliphatic heterocycles. The number of carbonyl (C=O) groups excluding carboxylic acids is 1. The van der Waals surface area contributed by atoms with E-state index >= 15 is 0 Å². The quantitative estimate of drug-likeness (QED) is 0.505. The smallest absolute Gasteiger partial charge is 0.406 e. The Morgan fingerprint density at radius 3 is 2.27 bits per heavy atom. The minimum Gasteiger partial charge on any atom is -0.464 e. The third-order valence-corrected chi connectivity index (χ3v) is 2.93. The Bertz CT molecular complexity index is 245. The highest BCUT2D eigenvalue weighted by atomic mass is 31.2. The summed E-state index contributed by atoms with van der Waals surface area (Å²) < 4.78 is 38.4. The van der Waals surface area contributed by atoms with Gasteiger partial charge in [-0.1, -0.05) is 0 Å². The van der Waals surface area contributed by atoms with Gasteiger partial charge in [-0.25, -0.2) is 4.79 Å². The Labute approximate surface area is 88.5 Å². The lowest BCUT2D eigenvalue weighted by Gasteiger charge is -2.18. The average molecular weight is 242 g/mol. The van der Waals surface area contributed by atoms with E-state index in [1.54, 1.807) is 13.8 Å². The molecule has 0 heterocycles. The summed E-state index contributed by atoms with van der Waals surface area (Å²) in [6.45, 7) is 4.60. The zero-order chi connectivity index (χ0) is 11.9. The van der Waals surface area contributed by atoms with Crippen molar-refractivity contribution in [2.75, 3.05) is 19.8 Å². The molecule has 0 aliphatic carbocycles. The van der Waals surface area contributed by atoms with Crippen LogP contribution >= 0.6 is 7.68 Å². The lowest BCUT2D eigenvalue weighted by Crippen LogP contribution is -2.26. The zero-order valence-electron chi connectivity index (χ0n) is 9.07. The van der Waals surface area contributed by atoms with Crippen LogP contribution in [0.5, 0.6) is 0 Å². The summed E-state index contributed by atoms with van der Waals surface area (Å²) in [4.78, 5) is 11.2. The summed E-state index contributed by atoms with van der Waals surface area (Å²) in [5.74, 6) is -2.78. The van der Waals surface area contributed by atoms with Crippen molar-refractivity contribution in [3.05, 3.63) is 0 Å². The molecule has 90 valence electrons. The van der Waals surface area contributed by atoms with Crippen LogP contribution in [0, 0.1) is 0 Å². The molecule has 0 bridgehead atoms. The van der Waals surface area contributed by atoms with Crippen molar-refractivity contribution in [1.82, 2.24) is 0 Å². The Hall–Kier alpha value is -0.450. The van der Waals surface area contributed by atoms with Crippen molar-refractivity contribution < 1.29 is 27.6 Å². The zero-order valence-corrected chi connectivity index (χ0v) is 9.96. The first-order valence-electron chi connectivity index (χ1n) is 4.71. The molecule has 0 rings (SSSR count). The van der Waals surface area contributed by atoms with Crippen molar-refractivity contribution >= 4 is 13.6 Å². The van der Waals surface area contributed by atoms with Gasteiger partial charge in [-0.3, -0.25) is 4.57 Å². The fraction of sp³-hybridized carbons (Fsp3) is 0.875. The predicted octanol–water partition coefficient (Wildman–Crippen LogP) is 2.11.